The summed E-state index contributed by atoms with van der Waals surface area (Å²) in [7, 11) is 0. The molecule has 0 atom stereocenters. The highest BCUT2D eigenvalue weighted by Gasteiger charge is 2.10. The Morgan fingerprint density at radius 3 is 2.54 bits per heavy atom. The Balaban J connectivity index is 1.64. The van der Waals surface area contributed by atoms with Crippen molar-refractivity contribution >= 4 is 22.4 Å². The highest BCUT2D eigenvalue weighted by molar-refractivity contribution is 6.02. The van der Waals surface area contributed by atoms with Gasteiger partial charge in [-0.15, -0.1) is 0 Å². The van der Waals surface area contributed by atoms with E-state index in [4.69, 9.17) is 4.74 Å². The fraction of sp³-hybridized carbons (Fsp3) is 0.250. The number of amides is 1. The maximum atomic E-state index is 12.2. The number of rotatable bonds is 6. The summed E-state index contributed by atoms with van der Waals surface area (Å²) in [5, 5.41) is 6.55. The van der Waals surface area contributed by atoms with Crippen LogP contribution in [0.25, 0.3) is 10.8 Å². The molecule has 0 spiro atoms. The van der Waals surface area contributed by atoms with E-state index >= 15 is 0 Å². The van der Waals surface area contributed by atoms with Crippen molar-refractivity contribution in [2.24, 2.45) is 5.10 Å². The number of fused-ring (bicyclic) bond motifs is 1. The first-order valence-electron chi connectivity index (χ1n) is 9.49. The Hall–Kier alpha value is -3.14. The van der Waals surface area contributed by atoms with Crippen LogP contribution in [-0.4, -0.2) is 18.2 Å². The van der Waals surface area contributed by atoms with Crippen LogP contribution in [0.2, 0.25) is 0 Å². The van der Waals surface area contributed by atoms with Crippen molar-refractivity contribution < 1.29 is 9.53 Å². The Labute approximate surface area is 166 Å². The van der Waals surface area contributed by atoms with Gasteiger partial charge >= 0.3 is 0 Å². The Morgan fingerprint density at radius 1 is 1.04 bits per heavy atom. The molecule has 4 heteroatoms. The second-order valence-electron chi connectivity index (χ2n) is 7.28. The molecule has 0 unspecified atom stereocenters. The third-order valence-corrected chi connectivity index (χ3v) is 4.67. The largest absolute Gasteiger partial charge is 0.483 e. The maximum absolute atomic E-state index is 12.2. The van der Waals surface area contributed by atoms with Gasteiger partial charge in [0.1, 0.15) is 5.75 Å². The highest BCUT2D eigenvalue weighted by Crippen LogP contribution is 2.27. The van der Waals surface area contributed by atoms with Gasteiger partial charge < -0.3 is 4.74 Å². The summed E-state index contributed by atoms with van der Waals surface area (Å²) in [5.74, 6) is 0.795. The molecule has 0 aromatic heterocycles. The number of carbonyl (C=O) groups is 1. The van der Waals surface area contributed by atoms with Crippen molar-refractivity contribution in [3.63, 3.8) is 0 Å². The van der Waals surface area contributed by atoms with Crippen molar-refractivity contribution in [2.75, 3.05) is 6.61 Å². The first-order chi connectivity index (χ1) is 13.4. The monoisotopic (exact) mass is 374 g/mol. The van der Waals surface area contributed by atoms with E-state index in [1.54, 1.807) is 0 Å². The molecule has 0 saturated heterocycles. The second kappa shape index (κ2) is 8.70. The summed E-state index contributed by atoms with van der Waals surface area (Å²) in [5.41, 5.74) is 6.50. The van der Waals surface area contributed by atoms with Crippen LogP contribution >= 0.6 is 0 Å². The predicted molar refractivity (Wildman–Crippen MR) is 115 cm³/mol. The van der Waals surface area contributed by atoms with Gasteiger partial charge in [-0.25, -0.2) is 5.43 Å². The lowest BCUT2D eigenvalue weighted by molar-refractivity contribution is -0.123. The number of hydrogen-bond acceptors (Lipinski definition) is 3. The zero-order valence-electron chi connectivity index (χ0n) is 16.8. The minimum atomic E-state index is -0.281. The van der Waals surface area contributed by atoms with Crippen LogP contribution in [0.15, 0.2) is 65.8 Å². The van der Waals surface area contributed by atoms with Crippen LogP contribution in [-0.2, 0) is 4.79 Å². The van der Waals surface area contributed by atoms with Crippen LogP contribution in [0.4, 0.5) is 0 Å². The van der Waals surface area contributed by atoms with Crippen LogP contribution in [0.3, 0.4) is 0 Å². The van der Waals surface area contributed by atoms with Crippen molar-refractivity contribution in [3.8, 4) is 5.75 Å². The van der Waals surface area contributed by atoms with Gasteiger partial charge in [-0.1, -0.05) is 62.4 Å². The van der Waals surface area contributed by atoms with Crippen LogP contribution in [0, 0.1) is 6.92 Å². The van der Waals surface area contributed by atoms with Gasteiger partial charge in [0.15, 0.2) is 6.61 Å². The summed E-state index contributed by atoms with van der Waals surface area (Å²) < 4.78 is 5.76. The highest BCUT2D eigenvalue weighted by atomic mass is 16.5. The van der Waals surface area contributed by atoms with Crippen LogP contribution < -0.4 is 10.2 Å². The predicted octanol–water partition coefficient (Wildman–Crippen LogP) is 5.19. The standard InChI is InChI=1S/C24H26N2O2/c1-16(2)22-12-9-17(3)13-23(22)28-15-24(27)26-25-18(4)20-11-10-19-7-5-6-8-21(19)14-20/h5-14,16H,15H2,1-4H3,(H,26,27). The Morgan fingerprint density at radius 2 is 1.79 bits per heavy atom. The van der Waals surface area contributed by atoms with Crippen molar-refractivity contribution in [1.82, 2.24) is 5.43 Å². The minimum absolute atomic E-state index is 0.0718. The Bertz CT molecular complexity index is 1020. The fourth-order valence-electron chi connectivity index (χ4n) is 3.04. The SMILES string of the molecule is CC(=NNC(=O)COc1cc(C)ccc1C(C)C)c1ccc2ccccc2c1. The molecule has 0 aliphatic rings. The average molecular weight is 374 g/mol. The number of nitrogens with one attached hydrogen (secondary N) is 1. The second-order valence-corrected chi connectivity index (χ2v) is 7.28. The maximum Gasteiger partial charge on any atom is 0.277 e. The van der Waals surface area contributed by atoms with E-state index in [0.29, 0.717) is 5.92 Å². The molecule has 144 valence electrons. The lowest BCUT2D eigenvalue weighted by atomic mass is 10.0. The molecular formula is C24H26N2O2. The number of nitrogens with zero attached hydrogens (tertiary/aromatic N) is 1. The summed E-state index contributed by atoms with van der Waals surface area (Å²) in [6.45, 7) is 8.03. The number of aryl methyl sites for hydroxylation is 1. The lowest BCUT2D eigenvalue weighted by Crippen LogP contribution is -2.26. The molecule has 1 N–H and O–H groups in total. The third kappa shape index (κ3) is 4.77. The van der Waals surface area contributed by atoms with E-state index in [-0.39, 0.29) is 12.5 Å². The molecule has 0 bridgehead atoms. The van der Waals surface area contributed by atoms with Crippen molar-refractivity contribution in [2.45, 2.75) is 33.6 Å². The summed E-state index contributed by atoms with van der Waals surface area (Å²) in [6.07, 6.45) is 0. The Kier molecular flexibility index (Phi) is 6.09. The number of carbonyl (C=O) groups excluding carboxylic acids is 1. The lowest BCUT2D eigenvalue weighted by Gasteiger charge is -2.14. The number of hydrogen-bond donors (Lipinski definition) is 1. The quantitative estimate of drug-likeness (QED) is 0.477. The fourth-order valence-corrected chi connectivity index (χ4v) is 3.04. The minimum Gasteiger partial charge on any atom is -0.483 e. The van der Waals surface area contributed by atoms with E-state index in [2.05, 4.69) is 60.8 Å². The summed E-state index contributed by atoms with van der Waals surface area (Å²) in [4.78, 5) is 12.2. The van der Waals surface area contributed by atoms with Gasteiger partial charge in [0.05, 0.1) is 5.71 Å². The molecule has 1 amide bonds. The van der Waals surface area contributed by atoms with Crippen molar-refractivity contribution in [1.29, 1.82) is 0 Å². The number of ether oxygens (including phenoxy) is 1. The van der Waals surface area contributed by atoms with Gasteiger partial charge in [0.2, 0.25) is 0 Å². The van der Waals surface area contributed by atoms with Gasteiger partial charge in [-0.2, -0.15) is 5.10 Å². The third-order valence-electron chi connectivity index (χ3n) is 4.67. The molecule has 0 heterocycles. The van der Waals surface area contributed by atoms with E-state index < -0.39 is 0 Å². The normalized spacial score (nSPS) is 11.7. The molecule has 0 fully saturated rings. The van der Waals surface area contributed by atoms with Crippen molar-refractivity contribution in [3.05, 3.63) is 77.4 Å². The molecule has 3 aromatic rings. The molecule has 28 heavy (non-hydrogen) atoms. The first-order valence-corrected chi connectivity index (χ1v) is 9.49. The molecular weight excluding hydrogens is 348 g/mol. The van der Waals surface area contributed by atoms with Crippen LogP contribution in [0.5, 0.6) is 5.75 Å². The zero-order valence-corrected chi connectivity index (χ0v) is 16.8. The molecule has 0 saturated carbocycles. The van der Waals surface area contributed by atoms with E-state index in [0.717, 1.165) is 33.5 Å². The molecule has 0 aliphatic carbocycles. The molecule has 4 nitrogen and oxygen atoms in total. The topological polar surface area (TPSA) is 50.7 Å². The van der Waals surface area contributed by atoms with Crippen LogP contribution in [0.1, 0.15) is 43.4 Å². The molecule has 0 aliphatic heterocycles. The summed E-state index contributed by atoms with van der Waals surface area (Å²) in [6, 6.07) is 20.4. The molecule has 0 radical (unpaired) electrons. The zero-order chi connectivity index (χ0) is 20.1. The first kappa shape index (κ1) is 19.6. The average Bonchev–Trinajstić information content (AvgIpc) is 2.69. The van der Waals surface area contributed by atoms with E-state index in [1.807, 2.05) is 38.1 Å². The smallest absolute Gasteiger partial charge is 0.277 e. The van der Waals surface area contributed by atoms with Gasteiger partial charge in [0.25, 0.3) is 5.91 Å². The molecule has 3 rings (SSSR count). The van der Waals surface area contributed by atoms with Gasteiger partial charge in [-0.05, 0) is 59.4 Å². The number of hydrazone groups is 1. The van der Waals surface area contributed by atoms with E-state index in [9.17, 15) is 4.79 Å². The van der Waals surface area contributed by atoms with Gasteiger partial charge in [-0.3, -0.25) is 4.79 Å². The molecule has 3 aromatic carbocycles. The number of benzene rings is 3. The van der Waals surface area contributed by atoms with Gasteiger partial charge in [0, 0.05) is 0 Å². The summed E-state index contributed by atoms with van der Waals surface area (Å²) >= 11 is 0. The van der Waals surface area contributed by atoms with E-state index in [1.165, 1.54) is 5.39 Å².